The molecule has 0 aromatic heterocycles. The van der Waals surface area contributed by atoms with E-state index in [-0.39, 0.29) is 24.5 Å². The number of rotatable bonds is 6. The molecular weight excluding hydrogens is 218 g/mol. The molecule has 4 heteroatoms. The van der Waals surface area contributed by atoms with Gasteiger partial charge in [0.1, 0.15) is 0 Å². The highest BCUT2D eigenvalue weighted by Crippen LogP contribution is 2.19. The first-order valence-electron chi connectivity index (χ1n) is 6.73. The standard InChI is InChI=1S/C13H25NO3/c1-3-5-11(6-4-2)13(16)14-7-8-17-10-12(14)9-15/h11-12,15H,3-10H2,1-2H3. The Labute approximate surface area is 104 Å². The SMILES string of the molecule is CCCC(CCC)C(=O)N1CCOCC1CO. The van der Waals surface area contributed by atoms with Gasteiger partial charge in [0.15, 0.2) is 0 Å². The van der Waals surface area contributed by atoms with Crippen LogP contribution in [-0.4, -0.2) is 48.3 Å². The Balaban J connectivity index is 2.62. The van der Waals surface area contributed by atoms with Gasteiger partial charge in [0.05, 0.1) is 25.9 Å². The largest absolute Gasteiger partial charge is 0.394 e. The summed E-state index contributed by atoms with van der Waals surface area (Å²) in [5, 5.41) is 9.28. The first-order chi connectivity index (χ1) is 8.24. The van der Waals surface area contributed by atoms with Crippen molar-refractivity contribution in [3.63, 3.8) is 0 Å². The van der Waals surface area contributed by atoms with Crippen molar-refractivity contribution in [2.24, 2.45) is 5.92 Å². The third-order valence-corrected chi connectivity index (χ3v) is 3.34. The van der Waals surface area contributed by atoms with Crippen LogP contribution in [0.2, 0.25) is 0 Å². The van der Waals surface area contributed by atoms with Gasteiger partial charge in [-0.3, -0.25) is 4.79 Å². The number of amides is 1. The topological polar surface area (TPSA) is 49.8 Å². The van der Waals surface area contributed by atoms with Crippen LogP contribution in [0.3, 0.4) is 0 Å². The van der Waals surface area contributed by atoms with Gasteiger partial charge in [0, 0.05) is 12.5 Å². The van der Waals surface area contributed by atoms with Crippen LogP contribution in [0, 0.1) is 5.92 Å². The highest BCUT2D eigenvalue weighted by atomic mass is 16.5. The molecule has 0 aromatic carbocycles. The van der Waals surface area contributed by atoms with E-state index in [4.69, 9.17) is 4.74 Å². The van der Waals surface area contributed by atoms with Gasteiger partial charge in [-0.25, -0.2) is 0 Å². The van der Waals surface area contributed by atoms with E-state index in [0.717, 1.165) is 25.7 Å². The molecular formula is C13H25NO3. The van der Waals surface area contributed by atoms with E-state index in [1.807, 2.05) is 4.90 Å². The van der Waals surface area contributed by atoms with Crippen LogP contribution in [0.4, 0.5) is 0 Å². The van der Waals surface area contributed by atoms with E-state index in [2.05, 4.69) is 13.8 Å². The van der Waals surface area contributed by atoms with Crippen LogP contribution >= 0.6 is 0 Å². The normalized spacial score (nSPS) is 20.9. The summed E-state index contributed by atoms with van der Waals surface area (Å²) < 4.78 is 5.30. The van der Waals surface area contributed by atoms with E-state index in [1.165, 1.54) is 0 Å². The van der Waals surface area contributed by atoms with Crippen molar-refractivity contribution in [2.45, 2.75) is 45.6 Å². The summed E-state index contributed by atoms with van der Waals surface area (Å²) >= 11 is 0. The second-order valence-electron chi connectivity index (χ2n) is 4.72. The lowest BCUT2D eigenvalue weighted by molar-refractivity contribution is -0.146. The molecule has 1 rings (SSSR count). The average Bonchev–Trinajstić information content (AvgIpc) is 2.37. The van der Waals surface area contributed by atoms with Gasteiger partial charge in [-0.2, -0.15) is 0 Å². The fourth-order valence-electron chi connectivity index (χ4n) is 2.42. The predicted molar refractivity (Wildman–Crippen MR) is 66.7 cm³/mol. The molecule has 1 aliphatic heterocycles. The number of hydrogen-bond donors (Lipinski definition) is 1. The minimum Gasteiger partial charge on any atom is -0.394 e. The van der Waals surface area contributed by atoms with Crippen LogP contribution in [-0.2, 0) is 9.53 Å². The van der Waals surface area contributed by atoms with Gasteiger partial charge in [0.25, 0.3) is 0 Å². The fraction of sp³-hybridized carbons (Fsp3) is 0.923. The Morgan fingerprint density at radius 1 is 1.41 bits per heavy atom. The van der Waals surface area contributed by atoms with E-state index < -0.39 is 0 Å². The number of nitrogens with zero attached hydrogens (tertiary/aromatic N) is 1. The average molecular weight is 243 g/mol. The molecule has 17 heavy (non-hydrogen) atoms. The number of aliphatic hydroxyl groups is 1. The van der Waals surface area contributed by atoms with Gasteiger partial charge in [-0.05, 0) is 12.8 Å². The molecule has 0 aromatic rings. The van der Waals surface area contributed by atoms with Crippen molar-refractivity contribution in [1.82, 2.24) is 4.90 Å². The number of carbonyl (C=O) groups is 1. The van der Waals surface area contributed by atoms with Gasteiger partial charge >= 0.3 is 0 Å². The van der Waals surface area contributed by atoms with E-state index in [1.54, 1.807) is 0 Å². The monoisotopic (exact) mass is 243 g/mol. The summed E-state index contributed by atoms with van der Waals surface area (Å²) in [6, 6.07) is -0.146. The maximum atomic E-state index is 12.4. The molecule has 4 nitrogen and oxygen atoms in total. The Bertz CT molecular complexity index is 227. The second-order valence-corrected chi connectivity index (χ2v) is 4.72. The molecule has 1 atom stereocenters. The quantitative estimate of drug-likeness (QED) is 0.767. The van der Waals surface area contributed by atoms with Crippen LogP contribution < -0.4 is 0 Å². The van der Waals surface area contributed by atoms with Gasteiger partial charge < -0.3 is 14.7 Å². The van der Waals surface area contributed by atoms with Crippen LogP contribution in [0.1, 0.15) is 39.5 Å². The number of morpholine rings is 1. The smallest absolute Gasteiger partial charge is 0.226 e. The zero-order valence-electron chi connectivity index (χ0n) is 11.0. The minimum absolute atomic E-state index is 0.00326. The zero-order valence-corrected chi connectivity index (χ0v) is 11.0. The van der Waals surface area contributed by atoms with Gasteiger partial charge in [0.2, 0.25) is 5.91 Å². The lowest BCUT2D eigenvalue weighted by atomic mass is 9.96. The van der Waals surface area contributed by atoms with Gasteiger partial charge in [-0.1, -0.05) is 26.7 Å². The van der Waals surface area contributed by atoms with Crippen molar-refractivity contribution >= 4 is 5.91 Å². The highest BCUT2D eigenvalue weighted by Gasteiger charge is 2.30. The third-order valence-electron chi connectivity index (χ3n) is 3.34. The molecule has 100 valence electrons. The van der Waals surface area contributed by atoms with Crippen LogP contribution in [0.5, 0.6) is 0 Å². The summed E-state index contributed by atoms with van der Waals surface area (Å²) in [7, 11) is 0. The van der Waals surface area contributed by atoms with E-state index in [0.29, 0.717) is 19.8 Å². The van der Waals surface area contributed by atoms with Crippen molar-refractivity contribution in [1.29, 1.82) is 0 Å². The molecule has 1 fully saturated rings. The third kappa shape index (κ3) is 3.96. The van der Waals surface area contributed by atoms with Crippen molar-refractivity contribution in [2.75, 3.05) is 26.4 Å². The lowest BCUT2D eigenvalue weighted by Gasteiger charge is -2.36. The number of hydrogen-bond acceptors (Lipinski definition) is 3. The summed E-state index contributed by atoms with van der Waals surface area (Å²) in [5.74, 6) is 0.327. The summed E-state index contributed by atoms with van der Waals surface area (Å²) in [6.45, 7) is 5.89. The number of aliphatic hydroxyl groups excluding tert-OH is 1. The lowest BCUT2D eigenvalue weighted by Crippen LogP contribution is -2.52. The molecule has 1 unspecified atom stereocenters. The van der Waals surface area contributed by atoms with Crippen molar-refractivity contribution in [3.05, 3.63) is 0 Å². The van der Waals surface area contributed by atoms with Crippen molar-refractivity contribution in [3.8, 4) is 0 Å². The maximum Gasteiger partial charge on any atom is 0.226 e. The molecule has 0 radical (unpaired) electrons. The molecule has 1 heterocycles. The Kier molecular flexibility index (Phi) is 6.52. The second kappa shape index (κ2) is 7.67. The molecule has 1 N–H and O–H groups in total. The molecule has 0 saturated carbocycles. The number of carbonyl (C=O) groups excluding carboxylic acids is 1. The molecule has 1 saturated heterocycles. The molecule has 1 aliphatic rings. The predicted octanol–water partition coefficient (Wildman–Crippen LogP) is 1.42. The first kappa shape index (κ1) is 14.5. The highest BCUT2D eigenvalue weighted by molar-refractivity contribution is 5.79. The molecule has 0 spiro atoms. The molecule has 0 aliphatic carbocycles. The Hall–Kier alpha value is -0.610. The Morgan fingerprint density at radius 2 is 2.06 bits per heavy atom. The summed E-state index contributed by atoms with van der Waals surface area (Å²) in [6.07, 6.45) is 3.96. The van der Waals surface area contributed by atoms with E-state index >= 15 is 0 Å². The molecule has 0 bridgehead atoms. The van der Waals surface area contributed by atoms with E-state index in [9.17, 15) is 9.90 Å². The van der Waals surface area contributed by atoms with Crippen LogP contribution in [0.15, 0.2) is 0 Å². The van der Waals surface area contributed by atoms with Crippen LogP contribution in [0.25, 0.3) is 0 Å². The Morgan fingerprint density at radius 3 is 2.59 bits per heavy atom. The van der Waals surface area contributed by atoms with Gasteiger partial charge in [-0.15, -0.1) is 0 Å². The first-order valence-corrected chi connectivity index (χ1v) is 6.73. The summed E-state index contributed by atoms with van der Waals surface area (Å²) in [4.78, 5) is 14.2. The molecule has 1 amide bonds. The van der Waals surface area contributed by atoms with Crippen molar-refractivity contribution < 1.29 is 14.6 Å². The fourth-order valence-corrected chi connectivity index (χ4v) is 2.42. The zero-order chi connectivity index (χ0) is 12.7. The minimum atomic E-state index is -0.146. The number of ether oxygens (including phenoxy) is 1. The maximum absolute atomic E-state index is 12.4. The summed E-state index contributed by atoms with van der Waals surface area (Å²) in [5.41, 5.74) is 0.